The van der Waals surface area contributed by atoms with Crippen molar-refractivity contribution < 1.29 is 22.1 Å². The summed E-state index contributed by atoms with van der Waals surface area (Å²) in [6.07, 6.45) is 1.41. The third-order valence-corrected chi connectivity index (χ3v) is 5.31. The standard InChI is InChI=1S/C16H19NO5S/c1-3-21-16(18)11-8-13-15(17-13)14(9-11)22-23(19,20)12-6-4-10(2)5-7-12/h4-8,13-15,17H,3,9H2,1-2H3/t13-,14+,15-/m0/s1. The van der Waals surface area contributed by atoms with E-state index in [-0.39, 0.29) is 30.0 Å². The molecule has 7 heteroatoms. The summed E-state index contributed by atoms with van der Waals surface area (Å²) in [6, 6.07) is 6.38. The van der Waals surface area contributed by atoms with Gasteiger partial charge in [0.2, 0.25) is 0 Å². The molecule has 3 rings (SSSR count). The van der Waals surface area contributed by atoms with Crippen molar-refractivity contribution in [2.24, 2.45) is 0 Å². The van der Waals surface area contributed by atoms with Gasteiger partial charge in [0.15, 0.2) is 0 Å². The van der Waals surface area contributed by atoms with Crippen molar-refractivity contribution in [1.82, 2.24) is 5.32 Å². The van der Waals surface area contributed by atoms with E-state index in [2.05, 4.69) is 5.32 Å². The maximum atomic E-state index is 12.4. The SMILES string of the molecule is CCOC(=O)C1=C[C@@H]2N[C@@H]2[C@H](OS(=O)(=O)c2ccc(C)cc2)C1. The van der Waals surface area contributed by atoms with Crippen molar-refractivity contribution in [3.63, 3.8) is 0 Å². The average Bonchev–Trinajstić information content (AvgIpc) is 3.27. The second-order valence-electron chi connectivity index (χ2n) is 5.74. The Labute approximate surface area is 135 Å². The lowest BCUT2D eigenvalue weighted by atomic mass is 9.97. The zero-order valence-corrected chi connectivity index (χ0v) is 13.8. The molecule has 1 fully saturated rings. The maximum Gasteiger partial charge on any atom is 0.333 e. The number of carbonyl (C=O) groups is 1. The van der Waals surface area contributed by atoms with Gasteiger partial charge in [-0.05, 0) is 26.0 Å². The van der Waals surface area contributed by atoms with Crippen LogP contribution in [-0.2, 0) is 23.8 Å². The van der Waals surface area contributed by atoms with E-state index in [0.717, 1.165) is 5.56 Å². The number of esters is 1. The van der Waals surface area contributed by atoms with Crippen molar-refractivity contribution in [2.45, 2.75) is 43.4 Å². The number of benzene rings is 1. The smallest absolute Gasteiger partial charge is 0.333 e. The summed E-state index contributed by atoms with van der Waals surface area (Å²) in [5, 5.41) is 3.12. The van der Waals surface area contributed by atoms with Crippen LogP contribution in [0.15, 0.2) is 40.8 Å². The molecule has 124 valence electrons. The number of carbonyl (C=O) groups excluding carboxylic acids is 1. The van der Waals surface area contributed by atoms with Gasteiger partial charge >= 0.3 is 5.97 Å². The fourth-order valence-corrected chi connectivity index (χ4v) is 3.77. The second kappa shape index (κ2) is 6.07. The van der Waals surface area contributed by atoms with Gasteiger partial charge in [-0.15, -0.1) is 0 Å². The number of ether oxygens (including phenoxy) is 1. The zero-order valence-electron chi connectivity index (χ0n) is 13.0. The van der Waals surface area contributed by atoms with Gasteiger partial charge in [0.05, 0.1) is 23.6 Å². The van der Waals surface area contributed by atoms with E-state index in [1.807, 2.05) is 6.92 Å². The first kappa shape index (κ1) is 16.2. The zero-order chi connectivity index (χ0) is 16.6. The first-order valence-corrected chi connectivity index (χ1v) is 8.95. The van der Waals surface area contributed by atoms with Gasteiger partial charge in [-0.1, -0.05) is 23.8 Å². The number of nitrogens with one attached hydrogen (secondary N) is 1. The third-order valence-electron chi connectivity index (χ3n) is 3.96. The van der Waals surface area contributed by atoms with Crippen LogP contribution in [0.4, 0.5) is 0 Å². The predicted octanol–water partition coefficient (Wildman–Crippen LogP) is 1.30. The molecule has 1 heterocycles. The summed E-state index contributed by atoms with van der Waals surface area (Å²) in [5.74, 6) is -0.416. The van der Waals surface area contributed by atoms with E-state index in [1.54, 1.807) is 25.1 Å². The third kappa shape index (κ3) is 3.46. The summed E-state index contributed by atoms with van der Waals surface area (Å²) in [6.45, 7) is 3.90. The fraction of sp³-hybridized carbons (Fsp3) is 0.438. The van der Waals surface area contributed by atoms with Crippen LogP contribution in [-0.4, -0.2) is 39.2 Å². The van der Waals surface area contributed by atoms with E-state index >= 15 is 0 Å². The van der Waals surface area contributed by atoms with Gasteiger partial charge in [-0.2, -0.15) is 8.42 Å². The first-order valence-electron chi connectivity index (χ1n) is 7.54. The van der Waals surface area contributed by atoms with E-state index in [1.165, 1.54) is 12.1 Å². The summed E-state index contributed by atoms with van der Waals surface area (Å²) in [4.78, 5) is 12.0. The molecular formula is C16H19NO5S. The monoisotopic (exact) mass is 337 g/mol. The summed E-state index contributed by atoms with van der Waals surface area (Å²) < 4.78 is 35.1. The largest absolute Gasteiger partial charge is 0.463 e. The highest BCUT2D eigenvalue weighted by Crippen LogP contribution is 2.33. The number of hydrogen-bond acceptors (Lipinski definition) is 6. The Morgan fingerprint density at radius 2 is 2.00 bits per heavy atom. The van der Waals surface area contributed by atoms with Crippen molar-refractivity contribution in [1.29, 1.82) is 0 Å². The first-order chi connectivity index (χ1) is 10.9. The van der Waals surface area contributed by atoms with Crippen molar-refractivity contribution >= 4 is 16.1 Å². The number of fused-ring (bicyclic) bond motifs is 1. The van der Waals surface area contributed by atoms with Crippen LogP contribution in [0.2, 0.25) is 0 Å². The van der Waals surface area contributed by atoms with Gasteiger partial charge in [0, 0.05) is 18.0 Å². The van der Waals surface area contributed by atoms with Crippen LogP contribution in [0.5, 0.6) is 0 Å². The summed E-state index contributed by atoms with van der Waals surface area (Å²) in [7, 11) is -3.86. The number of hydrogen-bond donors (Lipinski definition) is 1. The Hall–Kier alpha value is -1.70. The maximum absolute atomic E-state index is 12.4. The molecule has 1 N–H and O–H groups in total. The molecule has 2 aliphatic rings. The Bertz CT molecular complexity index is 738. The Kier molecular flexibility index (Phi) is 4.27. The molecule has 1 aliphatic carbocycles. The normalized spacial score (nSPS) is 26.2. The summed E-state index contributed by atoms with van der Waals surface area (Å²) in [5.41, 5.74) is 1.43. The van der Waals surface area contributed by atoms with E-state index in [0.29, 0.717) is 5.57 Å². The minimum atomic E-state index is -3.86. The number of rotatable bonds is 5. The molecule has 3 atom stereocenters. The Balaban J connectivity index is 1.74. The van der Waals surface area contributed by atoms with Crippen LogP contribution in [0.3, 0.4) is 0 Å². The topological polar surface area (TPSA) is 91.6 Å². The highest BCUT2D eigenvalue weighted by atomic mass is 32.2. The van der Waals surface area contributed by atoms with Crippen LogP contribution in [0.25, 0.3) is 0 Å². The molecule has 6 nitrogen and oxygen atoms in total. The van der Waals surface area contributed by atoms with Crippen molar-refractivity contribution in [3.8, 4) is 0 Å². The molecule has 0 bridgehead atoms. The van der Waals surface area contributed by atoms with Gasteiger partial charge in [0.1, 0.15) is 0 Å². The van der Waals surface area contributed by atoms with Gasteiger partial charge in [-0.3, -0.25) is 4.18 Å². The van der Waals surface area contributed by atoms with Gasteiger partial charge in [-0.25, -0.2) is 4.79 Å². The molecule has 0 aromatic heterocycles. The van der Waals surface area contributed by atoms with Crippen LogP contribution < -0.4 is 5.32 Å². The molecular weight excluding hydrogens is 318 g/mol. The Morgan fingerprint density at radius 1 is 1.30 bits per heavy atom. The van der Waals surface area contributed by atoms with E-state index in [4.69, 9.17) is 8.92 Å². The molecule has 0 amide bonds. The highest BCUT2D eigenvalue weighted by molar-refractivity contribution is 7.86. The van der Waals surface area contributed by atoms with Crippen molar-refractivity contribution in [2.75, 3.05) is 6.61 Å². The van der Waals surface area contributed by atoms with E-state index < -0.39 is 22.2 Å². The van der Waals surface area contributed by atoms with Gasteiger partial charge in [0.25, 0.3) is 10.1 Å². The average molecular weight is 337 g/mol. The van der Waals surface area contributed by atoms with Crippen LogP contribution in [0.1, 0.15) is 18.9 Å². The number of aryl methyl sites for hydroxylation is 1. The van der Waals surface area contributed by atoms with Crippen molar-refractivity contribution in [3.05, 3.63) is 41.5 Å². The molecule has 1 aliphatic heterocycles. The lowest BCUT2D eigenvalue weighted by molar-refractivity contribution is -0.139. The molecule has 1 aromatic rings. The van der Waals surface area contributed by atoms with Gasteiger partial charge < -0.3 is 10.1 Å². The Morgan fingerprint density at radius 3 is 2.65 bits per heavy atom. The second-order valence-corrected chi connectivity index (χ2v) is 7.31. The molecule has 0 spiro atoms. The minimum Gasteiger partial charge on any atom is -0.463 e. The quantitative estimate of drug-likeness (QED) is 0.495. The minimum absolute atomic E-state index is 0.0265. The predicted molar refractivity (Wildman–Crippen MR) is 83.3 cm³/mol. The molecule has 0 radical (unpaired) electrons. The molecule has 1 aromatic carbocycles. The van der Waals surface area contributed by atoms with Crippen LogP contribution >= 0.6 is 0 Å². The lowest BCUT2D eigenvalue weighted by Gasteiger charge is -2.20. The lowest BCUT2D eigenvalue weighted by Crippen LogP contribution is -2.30. The fourth-order valence-electron chi connectivity index (χ4n) is 2.68. The van der Waals surface area contributed by atoms with E-state index in [9.17, 15) is 13.2 Å². The highest BCUT2D eigenvalue weighted by Gasteiger charge is 2.48. The molecule has 23 heavy (non-hydrogen) atoms. The molecule has 0 saturated carbocycles. The van der Waals surface area contributed by atoms with Crippen LogP contribution in [0, 0.1) is 6.92 Å². The molecule has 1 saturated heterocycles. The molecule has 0 unspecified atom stereocenters. The summed E-state index contributed by atoms with van der Waals surface area (Å²) >= 11 is 0.